The van der Waals surface area contributed by atoms with Gasteiger partial charge in [-0.15, -0.1) is 0 Å². The molecule has 0 bridgehead atoms. The van der Waals surface area contributed by atoms with Crippen molar-refractivity contribution in [3.05, 3.63) is 30.6 Å². The molecule has 114 valence electrons. The van der Waals surface area contributed by atoms with Crippen LogP contribution in [0.1, 0.15) is 38.9 Å². The molecule has 0 amide bonds. The highest BCUT2D eigenvalue weighted by Gasteiger charge is 2.08. The van der Waals surface area contributed by atoms with Crippen LogP contribution in [0, 0.1) is 0 Å². The van der Waals surface area contributed by atoms with E-state index in [9.17, 15) is 0 Å². The van der Waals surface area contributed by atoms with Crippen LogP contribution in [0.25, 0.3) is 0 Å². The summed E-state index contributed by atoms with van der Waals surface area (Å²) >= 11 is 0. The molecule has 21 heavy (non-hydrogen) atoms. The molecule has 0 aliphatic carbocycles. The number of anilines is 1. The Morgan fingerprint density at radius 3 is 2.86 bits per heavy atom. The van der Waals surface area contributed by atoms with E-state index in [1.165, 1.54) is 0 Å². The summed E-state index contributed by atoms with van der Waals surface area (Å²) in [4.78, 5) is 13.0. The van der Waals surface area contributed by atoms with E-state index in [4.69, 9.17) is 4.74 Å². The molecule has 2 aromatic rings. The molecule has 0 spiro atoms. The zero-order chi connectivity index (χ0) is 15.1. The van der Waals surface area contributed by atoms with Crippen molar-refractivity contribution in [2.24, 2.45) is 0 Å². The predicted molar refractivity (Wildman–Crippen MR) is 82.6 cm³/mol. The van der Waals surface area contributed by atoms with E-state index in [0.717, 1.165) is 31.2 Å². The quantitative estimate of drug-likeness (QED) is 0.757. The molecule has 0 saturated heterocycles. The number of imidazole rings is 1. The van der Waals surface area contributed by atoms with Gasteiger partial charge in [0.25, 0.3) is 0 Å². The van der Waals surface area contributed by atoms with Crippen molar-refractivity contribution < 1.29 is 4.74 Å². The van der Waals surface area contributed by atoms with Gasteiger partial charge in [0.1, 0.15) is 11.6 Å². The second-order valence-corrected chi connectivity index (χ2v) is 5.12. The van der Waals surface area contributed by atoms with E-state index in [2.05, 4.69) is 38.7 Å². The minimum absolute atomic E-state index is 0.275. The first-order chi connectivity index (χ1) is 10.2. The Morgan fingerprint density at radius 1 is 1.33 bits per heavy atom. The molecule has 0 atom stereocenters. The van der Waals surface area contributed by atoms with Crippen LogP contribution in [0.4, 0.5) is 5.82 Å². The molecule has 2 aromatic heterocycles. The van der Waals surface area contributed by atoms with Gasteiger partial charge in [0.15, 0.2) is 0 Å². The number of ether oxygens (including phenoxy) is 1. The summed E-state index contributed by atoms with van der Waals surface area (Å²) < 4.78 is 7.56. The Hall–Kier alpha value is -2.11. The van der Waals surface area contributed by atoms with E-state index < -0.39 is 0 Å². The highest BCUT2D eigenvalue weighted by molar-refractivity contribution is 5.38. The van der Waals surface area contributed by atoms with Gasteiger partial charge >= 0.3 is 0 Å². The third-order valence-electron chi connectivity index (χ3n) is 2.99. The monoisotopic (exact) mass is 289 g/mol. The van der Waals surface area contributed by atoms with Crippen LogP contribution >= 0.6 is 0 Å². The first kappa shape index (κ1) is 15.3. The Morgan fingerprint density at radius 2 is 2.19 bits per heavy atom. The molecule has 0 radical (unpaired) electrons. The van der Waals surface area contributed by atoms with Crippen molar-refractivity contribution in [3.63, 3.8) is 0 Å². The average molecular weight is 289 g/mol. The van der Waals surface area contributed by atoms with Crippen LogP contribution in [0.15, 0.2) is 24.8 Å². The second kappa shape index (κ2) is 7.61. The fraction of sp³-hybridized carbons (Fsp3) is 0.533. The van der Waals surface area contributed by atoms with Crippen LogP contribution in [0.5, 0.6) is 5.88 Å². The number of hydrogen-bond acceptors (Lipinski definition) is 5. The van der Waals surface area contributed by atoms with Gasteiger partial charge < -0.3 is 14.6 Å². The van der Waals surface area contributed by atoms with Crippen LogP contribution in [0.3, 0.4) is 0 Å². The smallest absolute Gasteiger partial charge is 0.218 e. The number of nitrogens with zero attached hydrogens (tertiary/aromatic N) is 4. The summed E-state index contributed by atoms with van der Waals surface area (Å²) in [6, 6.07) is 1.85. The van der Waals surface area contributed by atoms with Gasteiger partial charge in [-0.25, -0.2) is 9.97 Å². The molecule has 0 aliphatic rings. The van der Waals surface area contributed by atoms with Crippen molar-refractivity contribution in [3.8, 4) is 5.88 Å². The highest BCUT2D eigenvalue weighted by atomic mass is 16.5. The molecule has 2 heterocycles. The van der Waals surface area contributed by atoms with Gasteiger partial charge in [0.2, 0.25) is 5.88 Å². The van der Waals surface area contributed by atoms with E-state index in [0.29, 0.717) is 12.5 Å². The molecule has 1 N–H and O–H groups in total. The molecule has 0 fully saturated rings. The number of aryl methyl sites for hydroxylation is 1. The lowest BCUT2D eigenvalue weighted by molar-refractivity contribution is 0.324. The zero-order valence-electron chi connectivity index (χ0n) is 12.9. The predicted octanol–water partition coefficient (Wildman–Crippen LogP) is 2.70. The van der Waals surface area contributed by atoms with Crippen LogP contribution in [0.2, 0.25) is 0 Å². The van der Waals surface area contributed by atoms with Crippen molar-refractivity contribution in [2.45, 2.75) is 39.7 Å². The zero-order valence-corrected chi connectivity index (χ0v) is 12.9. The topological polar surface area (TPSA) is 64.9 Å². The summed E-state index contributed by atoms with van der Waals surface area (Å²) in [6.45, 7) is 8.50. The summed E-state index contributed by atoms with van der Waals surface area (Å²) in [6.07, 6.45) is 6.59. The molecule has 0 saturated carbocycles. The van der Waals surface area contributed by atoms with Crippen molar-refractivity contribution >= 4 is 5.82 Å². The highest BCUT2D eigenvalue weighted by Crippen LogP contribution is 2.18. The summed E-state index contributed by atoms with van der Waals surface area (Å²) in [5.74, 6) is 2.53. The molecule has 0 aliphatic heterocycles. The van der Waals surface area contributed by atoms with E-state index >= 15 is 0 Å². The SMILES string of the molecule is CCOc1cc(NCCCn2ccnc2)nc(C(C)C)n1. The Kier molecular flexibility index (Phi) is 5.54. The maximum absolute atomic E-state index is 5.50. The van der Waals surface area contributed by atoms with Gasteiger partial charge in [-0.2, -0.15) is 4.98 Å². The third-order valence-corrected chi connectivity index (χ3v) is 2.99. The second-order valence-electron chi connectivity index (χ2n) is 5.12. The van der Waals surface area contributed by atoms with E-state index in [1.807, 2.05) is 25.5 Å². The maximum Gasteiger partial charge on any atom is 0.218 e. The fourth-order valence-electron chi connectivity index (χ4n) is 1.91. The maximum atomic E-state index is 5.50. The summed E-state index contributed by atoms with van der Waals surface area (Å²) in [5, 5.41) is 3.34. The molecule has 6 nitrogen and oxygen atoms in total. The molecule has 0 unspecified atom stereocenters. The summed E-state index contributed by atoms with van der Waals surface area (Å²) in [5.41, 5.74) is 0. The van der Waals surface area contributed by atoms with Crippen LogP contribution in [-0.2, 0) is 6.54 Å². The number of nitrogens with one attached hydrogen (secondary N) is 1. The molecule has 2 rings (SSSR count). The van der Waals surface area contributed by atoms with Crippen LogP contribution < -0.4 is 10.1 Å². The molecular formula is C15H23N5O. The van der Waals surface area contributed by atoms with Gasteiger partial charge in [0.05, 0.1) is 12.9 Å². The van der Waals surface area contributed by atoms with Gasteiger partial charge in [-0.1, -0.05) is 13.8 Å². The fourth-order valence-corrected chi connectivity index (χ4v) is 1.91. The standard InChI is InChI=1S/C15H23N5O/c1-4-21-14-10-13(18-15(19-14)12(2)3)17-6-5-8-20-9-7-16-11-20/h7,9-12H,4-6,8H2,1-3H3,(H,17,18,19). The van der Waals surface area contributed by atoms with Crippen molar-refractivity contribution in [2.75, 3.05) is 18.5 Å². The Balaban J connectivity index is 1.91. The number of aromatic nitrogens is 4. The number of hydrogen-bond donors (Lipinski definition) is 1. The lowest BCUT2D eigenvalue weighted by Crippen LogP contribution is -2.10. The number of rotatable bonds is 8. The first-order valence-corrected chi connectivity index (χ1v) is 7.40. The third kappa shape index (κ3) is 4.73. The van der Waals surface area contributed by atoms with Gasteiger partial charge in [-0.3, -0.25) is 0 Å². The first-order valence-electron chi connectivity index (χ1n) is 7.40. The minimum Gasteiger partial charge on any atom is -0.478 e. The van der Waals surface area contributed by atoms with Crippen LogP contribution in [-0.4, -0.2) is 32.7 Å². The Bertz CT molecular complexity index is 539. The Labute approximate surface area is 125 Å². The van der Waals surface area contributed by atoms with Crippen molar-refractivity contribution in [1.82, 2.24) is 19.5 Å². The lowest BCUT2D eigenvalue weighted by atomic mass is 10.2. The molecular weight excluding hydrogens is 266 g/mol. The van der Waals surface area contributed by atoms with Gasteiger partial charge in [-0.05, 0) is 13.3 Å². The lowest BCUT2D eigenvalue weighted by Gasteiger charge is -2.12. The van der Waals surface area contributed by atoms with E-state index in [1.54, 1.807) is 6.20 Å². The minimum atomic E-state index is 0.275. The summed E-state index contributed by atoms with van der Waals surface area (Å²) in [7, 11) is 0. The average Bonchev–Trinajstić information content (AvgIpc) is 2.97. The molecule has 0 aromatic carbocycles. The largest absolute Gasteiger partial charge is 0.478 e. The van der Waals surface area contributed by atoms with E-state index in [-0.39, 0.29) is 5.92 Å². The van der Waals surface area contributed by atoms with Gasteiger partial charge in [0, 0.05) is 37.5 Å². The normalized spacial score (nSPS) is 10.9. The molecule has 6 heteroatoms. The van der Waals surface area contributed by atoms with Crippen molar-refractivity contribution in [1.29, 1.82) is 0 Å².